The highest BCUT2D eigenvalue weighted by Gasteiger charge is 2.32. The standard InChI is InChI=1S/C25H29F3N6O2/c1-33-12-10-17(11-13-33)30-19-8-5-9-20-18(19)14-21(34(20)15-25(26,27)28)23(35)31-32-24(36)22(29)16-6-3-2-4-7-16/h2-9,14,17,22,30H,10-13,15,29H2,1H3,(H,31,35)(H,32,36). The summed E-state index contributed by atoms with van der Waals surface area (Å²) in [6, 6.07) is 14.0. The van der Waals surface area contributed by atoms with Crippen molar-refractivity contribution >= 4 is 28.4 Å². The summed E-state index contributed by atoms with van der Waals surface area (Å²) in [4.78, 5) is 27.6. The summed E-state index contributed by atoms with van der Waals surface area (Å²) in [5.41, 5.74) is 11.6. The molecule has 36 heavy (non-hydrogen) atoms. The first-order valence-electron chi connectivity index (χ1n) is 11.7. The van der Waals surface area contributed by atoms with E-state index in [4.69, 9.17) is 5.73 Å². The number of hydrogen-bond donors (Lipinski definition) is 4. The van der Waals surface area contributed by atoms with Gasteiger partial charge in [0.25, 0.3) is 11.8 Å². The third-order valence-corrected chi connectivity index (χ3v) is 6.33. The summed E-state index contributed by atoms with van der Waals surface area (Å²) in [5, 5.41) is 3.93. The summed E-state index contributed by atoms with van der Waals surface area (Å²) < 4.78 is 41.3. The highest BCUT2D eigenvalue weighted by atomic mass is 19.4. The third kappa shape index (κ3) is 5.97. The number of nitrogens with two attached hydrogens (primary N) is 1. The van der Waals surface area contributed by atoms with Gasteiger partial charge < -0.3 is 20.5 Å². The number of alkyl halides is 3. The second kappa shape index (κ2) is 10.6. The van der Waals surface area contributed by atoms with Gasteiger partial charge in [0.1, 0.15) is 18.3 Å². The zero-order valence-corrected chi connectivity index (χ0v) is 19.8. The Balaban J connectivity index is 1.57. The van der Waals surface area contributed by atoms with Crippen LogP contribution >= 0.6 is 0 Å². The molecule has 11 heteroatoms. The number of nitrogens with one attached hydrogen (secondary N) is 3. The number of amides is 2. The zero-order chi connectivity index (χ0) is 25.9. The van der Waals surface area contributed by atoms with E-state index in [9.17, 15) is 22.8 Å². The first-order valence-corrected chi connectivity index (χ1v) is 11.7. The molecule has 1 aliphatic rings. The van der Waals surface area contributed by atoms with Crippen molar-refractivity contribution in [1.29, 1.82) is 0 Å². The fourth-order valence-electron chi connectivity index (χ4n) is 4.39. The Morgan fingerprint density at radius 2 is 1.75 bits per heavy atom. The van der Waals surface area contributed by atoms with Gasteiger partial charge in [0.05, 0.1) is 5.52 Å². The van der Waals surface area contributed by atoms with Gasteiger partial charge in [-0.1, -0.05) is 36.4 Å². The van der Waals surface area contributed by atoms with Gasteiger partial charge >= 0.3 is 6.18 Å². The Kier molecular flexibility index (Phi) is 7.51. The van der Waals surface area contributed by atoms with E-state index < -0.39 is 30.6 Å². The Hall–Kier alpha value is -3.57. The minimum Gasteiger partial charge on any atom is -0.382 e. The van der Waals surface area contributed by atoms with E-state index in [0.717, 1.165) is 30.5 Å². The van der Waals surface area contributed by atoms with Gasteiger partial charge in [0.15, 0.2) is 0 Å². The second-order valence-corrected chi connectivity index (χ2v) is 9.02. The van der Waals surface area contributed by atoms with Crippen molar-refractivity contribution in [2.24, 2.45) is 5.73 Å². The van der Waals surface area contributed by atoms with Gasteiger partial charge in [0.2, 0.25) is 0 Å². The lowest BCUT2D eigenvalue weighted by molar-refractivity contribution is -0.140. The minimum absolute atomic E-state index is 0.175. The Bertz CT molecular complexity index is 1220. The zero-order valence-electron chi connectivity index (χ0n) is 19.8. The number of carbonyl (C=O) groups excluding carboxylic acids is 2. The number of nitrogens with zero attached hydrogens (tertiary/aromatic N) is 2. The third-order valence-electron chi connectivity index (χ3n) is 6.33. The van der Waals surface area contributed by atoms with Crippen LogP contribution in [-0.2, 0) is 11.3 Å². The normalized spacial score (nSPS) is 16.0. The molecule has 4 rings (SSSR count). The number of hydrogen-bond acceptors (Lipinski definition) is 5. The van der Waals surface area contributed by atoms with Gasteiger partial charge in [-0.05, 0) is 56.7 Å². The molecule has 1 atom stereocenters. The molecule has 2 amide bonds. The molecule has 0 saturated carbocycles. The van der Waals surface area contributed by atoms with Crippen molar-refractivity contribution in [2.75, 3.05) is 25.5 Å². The van der Waals surface area contributed by atoms with E-state index in [1.165, 1.54) is 6.07 Å². The molecule has 1 aliphatic heterocycles. The van der Waals surface area contributed by atoms with Crippen LogP contribution in [0.3, 0.4) is 0 Å². The van der Waals surface area contributed by atoms with E-state index in [1.54, 1.807) is 48.5 Å². The van der Waals surface area contributed by atoms with E-state index in [2.05, 4.69) is 21.1 Å². The smallest absolute Gasteiger partial charge is 0.382 e. The molecular formula is C25H29F3N6O2. The molecule has 2 heterocycles. The fraction of sp³-hybridized carbons (Fsp3) is 0.360. The maximum Gasteiger partial charge on any atom is 0.406 e. The second-order valence-electron chi connectivity index (χ2n) is 9.02. The first-order chi connectivity index (χ1) is 17.1. The van der Waals surface area contributed by atoms with Crippen molar-refractivity contribution in [3.05, 3.63) is 65.9 Å². The number of carbonyl (C=O) groups is 2. The molecule has 192 valence electrons. The van der Waals surface area contributed by atoms with Crippen LogP contribution in [0.2, 0.25) is 0 Å². The largest absolute Gasteiger partial charge is 0.406 e. The Morgan fingerprint density at radius 3 is 2.42 bits per heavy atom. The lowest BCUT2D eigenvalue weighted by Crippen LogP contribution is -2.46. The number of anilines is 1. The monoisotopic (exact) mass is 502 g/mol. The Labute approximate surface area is 206 Å². The number of piperidine rings is 1. The molecule has 0 radical (unpaired) electrons. The molecule has 0 aliphatic carbocycles. The van der Waals surface area contributed by atoms with Gasteiger partial charge in [-0.2, -0.15) is 13.2 Å². The molecule has 3 aromatic rings. The number of benzene rings is 2. The van der Waals surface area contributed by atoms with E-state index in [1.807, 2.05) is 7.05 Å². The summed E-state index contributed by atoms with van der Waals surface area (Å²) in [6.45, 7) is 0.483. The Morgan fingerprint density at radius 1 is 1.06 bits per heavy atom. The van der Waals surface area contributed by atoms with Gasteiger partial charge in [-0.25, -0.2) is 0 Å². The summed E-state index contributed by atoms with van der Waals surface area (Å²) in [7, 11) is 2.05. The number of likely N-dealkylation sites (tertiary alicyclic amines) is 1. The van der Waals surface area contributed by atoms with Crippen molar-refractivity contribution in [3.8, 4) is 0 Å². The number of hydrazine groups is 1. The molecule has 2 aromatic carbocycles. The lowest BCUT2D eigenvalue weighted by atomic mass is 10.0. The van der Waals surface area contributed by atoms with Crippen LogP contribution in [0.15, 0.2) is 54.6 Å². The average molecular weight is 503 g/mol. The molecule has 1 aromatic heterocycles. The molecule has 5 N–H and O–H groups in total. The van der Waals surface area contributed by atoms with Crippen LogP contribution in [0.5, 0.6) is 0 Å². The van der Waals surface area contributed by atoms with Gasteiger partial charge in [-0.3, -0.25) is 20.4 Å². The number of aromatic nitrogens is 1. The summed E-state index contributed by atoms with van der Waals surface area (Å²) in [6.07, 6.45) is -2.76. The van der Waals surface area contributed by atoms with Crippen molar-refractivity contribution in [1.82, 2.24) is 20.3 Å². The first kappa shape index (κ1) is 25.5. The number of halogens is 3. The quantitative estimate of drug-likeness (QED) is 0.388. The predicted molar refractivity (Wildman–Crippen MR) is 131 cm³/mol. The molecule has 8 nitrogen and oxygen atoms in total. The molecule has 0 spiro atoms. The molecule has 0 bridgehead atoms. The average Bonchev–Trinajstić information content (AvgIpc) is 3.21. The van der Waals surface area contributed by atoms with Crippen molar-refractivity contribution in [2.45, 2.75) is 37.6 Å². The highest BCUT2D eigenvalue weighted by Crippen LogP contribution is 2.31. The van der Waals surface area contributed by atoms with Crippen LogP contribution in [0.1, 0.15) is 34.9 Å². The SMILES string of the molecule is CN1CCC(Nc2cccc3c2cc(C(=O)NNC(=O)C(N)c2ccccc2)n3CC(F)(F)F)CC1. The topological polar surface area (TPSA) is 104 Å². The highest BCUT2D eigenvalue weighted by molar-refractivity contribution is 6.03. The van der Waals surface area contributed by atoms with Crippen LogP contribution in [-0.4, -0.2) is 53.6 Å². The van der Waals surface area contributed by atoms with Crippen LogP contribution in [0, 0.1) is 0 Å². The lowest BCUT2D eigenvalue weighted by Gasteiger charge is -2.30. The maximum atomic E-state index is 13.4. The van der Waals surface area contributed by atoms with Crippen LogP contribution < -0.4 is 21.9 Å². The predicted octanol–water partition coefficient (Wildman–Crippen LogP) is 3.17. The van der Waals surface area contributed by atoms with Crippen LogP contribution in [0.4, 0.5) is 18.9 Å². The number of fused-ring (bicyclic) bond motifs is 1. The van der Waals surface area contributed by atoms with Gasteiger partial charge in [0, 0.05) is 17.1 Å². The summed E-state index contributed by atoms with van der Waals surface area (Å²) >= 11 is 0. The summed E-state index contributed by atoms with van der Waals surface area (Å²) in [5.74, 6) is -1.58. The van der Waals surface area contributed by atoms with Gasteiger partial charge in [-0.15, -0.1) is 0 Å². The van der Waals surface area contributed by atoms with E-state index in [0.29, 0.717) is 16.6 Å². The molecule has 1 saturated heterocycles. The van der Waals surface area contributed by atoms with E-state index in [-0.39, 0.29) is 17.3 Å². The number of rotatable bonds is 6. The van der Waals surface area contributed by atoms with Crippen LogP contribution in [0.25, 0.3) is 10.9 Å². The molecule has 1 fully saturated rings. The molecule has 1 unspecified atom stereocenters. The fourth-order valence-corrected chi connectivity index (χ4v) is 4.39. The maximum absolute atomic E-state index is 13.4. The minimum atomic E-state index is -4.56. The van der Waals surface area contributed by atoms with Crippen molar-refractivity contribution < 1.29 is 22.8 Å². The van der Waals surface area contributed by atoms with E-state index >= 15 is 0 Å². The van der Waals surface area contributed by atoms with Crippen molar-refractivity contribution in [3.63, 3.8) is 0 Å². The molecular weight excluding hydrogens is 473 g/mol.